The molecule has 0 saturated carbocycles. The minimum atomic E-state index is 0.316. The first-order chi connectivity index (χ1) is 8.08. The molecule has 17 heavy (non-hydrogen) atoms. The molecule has 1 heterocycles. The highest BCUT2D eigenvalue weighted by Gasteiger charge is 2.11. The van der Waals surface area contributed by atoms with Gasteiger partial charge in [0.25, 0.3) is 0 Å². The number of aromatic nitrogens is 1. The zero-order valence-electron chi connectivity index (χ0n) is 11.4. The minimum Gasteiger partial charge on any atom is -0.383 e. The van der Waals surface area contributed by atoms with Gasteiger partial charge < -0.3 is 15.0 Å². The second kappa shape index (κ2) is 6.57. The SMILES string of the molecule is CNCc1cc(C)nc(N(C)C(C)COC)c1. The van der Waals surface area contributed by atoms with E-state index in [-0.39, 0.29) is 0 Å². The number of aryl methyl sites for hydroxylation is 1. The highest BCUT2D eigenvalue weighted by atomic mass is 16.5. The van der Waals surface area contributed by atoms with Crippen molar-refractivity contribution >= 4 is 5.82 Å². The van der Waals surface area contributed by atoms with Gasteiger partial charge in [0.15, 0.2) is 0 Å². The van der Waals surface area contributed by atoms with E-state index in [0.717, 1.165) is 18.1 Å². The maximum absolute atomic E-state index is 5.17. The van der Waals surface area contributed by atoms with Gasteiger partial charge in [-0.1, -0.05) is 0 Å². The summed E-state index contributed by atoms with van der Waals surface area (Å²) >= 11 is 0. The van der Waals surface area contributed by atoms with Crippen LogP contribution in [0.1, 0.15) is 18.2 Å². The molecule has 1 unspecified atom stereocenters. The van der Waals surface area contributed by atoms with Crippen molar-refractivity contribution in [2.24, 2.45) is 0 Å². The normalized spacial score (nSPS) is 12.5. The Morgan fingerprint density at radius 3 is 2.76 bits per heavy atom. The lowest BCUT2D eigenvalue weighted by atomic mass is 10.2. The zero-order valence-corrected chi connectivity index (χ0v) is 11.4. The highest BCUT2D eigenvalue weighted by molar-refractivity contribution is 5.42. The molecule has 1 aromatic rings. The Kier molecular flexibility index (Phi) is 5.38. The van der Waals surface area contributed by atoms with Crippen LogP contribution in [0.5, 0.6) is 0 Å². The number of pyridine rings is 1. The average Bonchev–Trinajstić information content (AvgIpc) is 2.28. The molecule has 0 radical (unpaired) electrons. The second-order valence-electron chi connectivity index (χ2n) is 4.42. The molecule has 0 aliphatic rings. The van der Waals surface area contributed by atoms with Gasteiger partial charge in [-0.05, 0) is 38.6 Å². The monoisotopic (exact) mass is 237 g/mol. The standard InChI is InChI=1S/C13H23N3O/c1-10-6-12(8-14-3)7-13(15-10)16(4)11(2)9-17-5/h6-7,11,14H,8-9H2,1-5H3. The van der Waals surface area contributed by atoms with Crippen LogP contribution in [0.25, 0.3) is 0 Å². The number of hydrogen-bond donors (Lipinski definition) is 1. The minimum absolute atomic E-state index is 0.316. The van der Waals surface area contributed by atoms with Gasteiger partial charge in [-0.25, -0.2) is 4.98 Å². The van der Waals surface area contributed by atoms with Crippen LogP contribution in [0.4, 0.5) is 5.82 Å². The summed E-state index contributed by atoms with van der Waals surface area (Å²) in [6.07, 6.45) is 0. The number of methoxy groups -OCH3 is 1. The Balaban J connectivity index is 2.88. The van der Waals surface area contributed by atoms with Crippen molar-refractivity contribution < 1.29 is 4.74 Å². The van der Waals surface area contributed by atoms with E-state index in [1.165, 1.54) is 5.56 Å². The van der Waals surface area contributed by atoms with E-state index in [0.29, 0.717) is 12.6 Å². The molecule has 4 heteroatoms. The van der Waals surface area contributed by atoms with E-state index in [1.54, 1.807) is 7.11 Å². The van der Waals surface area contributed by atoms with Crippen LogP contribution >= 0.6 is 0 Å². The van der Waals surface area contributed by atoms with Gasteiger partial charge in [0.05, 0.1) is 12.6 Å². The fourth-order valence-electron chi connectivity index (χ4n) is 1.79. The first-order valence-electron chi connectivity index (χ1n) is 5.92. The van der Waals surface area contributed by atoms with Gasteiger partial charge in [0.2, 0.25) is 0 Å². The fourth-order valence-corrected chi connectivity index (χ4v) is 1.79. The van der Waals surface area contributed by atoms with Gasteiger partial charge in [0, 0.05) is 26.4 Å². The quantitative estimate of drug-likeness (QED) is 0.815. The van der Waals surface area contributed by atoms with Crippen LogP contribution in [0.15, 0.2) is 12.1 Å². The molecule has 1 N–H and O–H groups in total. The molecule has 4 nitrogen and oxygen atoms in total. The molecule has 0 aromatic carbocycles. The molecule has 0 spiro atoms. The van der Waals surface area contributed by atoms with Crippen molar-refractivity contribution in [2.45, 2.75) is 26.4 Å². The summed E-state index contributed by atoms with van der Waals surface area (Å²) in [5.74, 6) is 1.000. The van der Waals surface area contributed by atoms with Crippen molar-refractivity contribution in [3.05, 3.63) is 23.4 Å². The first kappa shape index (κ1) is 13.9. The number of likely N-dealkylation sites (N-methyl/N-ethyl adjacent to an activating group) is 1. The van der Waals surface area contributed by atoms with Crippen LogP contribution in [0, 0.1) is 6.92 Å². The van der Waals surface area contributed by atoms with Crippen molar-refractivity contribution in [1.82, 2.24) is 10.3 Å². The van der Waals surface area contributed by atoms with E-state index in [2.05, 4.69) is 41.3 Å². The topological polar surface area (TPSA) is 37.4 Å². The lowest BCUT2D eigenvalue weighted by Gasteiger charge is -2.26. The van der Waals surface area contributed by atoms with Crippen molar-refractivity contribution in [3.63, 3.8) is 0 Å². The third-order valence-corrected chi connectivity index (χ3v) is 2.81. The van der Waals surface area contributed by atoms with Crippen LogP contribution in [0.3, 0.4) is 0 Å². The second-order valence-corrected chi connectivity index (χ2v) is 4.42. The van der Waals surface area contributed by atoms with Gasteiger partial charge in [-0.2, -0.15) is 0 Å². The molecule has 1 aromatic heterocycles. The number of hydrogen-bond acceptors (Lipinski definition) is 4. The maximum Gasteiger partial charge on any atom is 0.129 e. The van der Waals surface area contributed by atoms with E-state index >= 15 is 0 Å². The molecule has 0 fully saturated rings. The summed E-state index contributed by atoms with van der Waals surface area (Å²) in [5.41, 5.74) is 2.30. The molecule has 1 rings (SSSR count). The summed E-state index contributed by atoms with van der Waals surface area (Å²) in [5, 5.41) is 3.16. The summed E-state index contributed by atoms with van der Waals surface area (Å²) in [7, 11) is 5.72. The third-order valence-electron chi connectivity index (χ3n) is 2.81. The number of ether oxygens (including phenoxy) is 1. The molecule has 0 bridgehead atoms. The van der Waals surface area contributed by atoms with E-state index < -0.39 is 0 Å². The fraction of sp³-hybridized carbons (Fsp3) is 0.615. The van der Waals surface area contributed by atoms with E-state index in [4.69, 9.17) is 4.74 Å². The third kappa shape index (κ3) is 3.98. The number of rotatable bonds is 6. The maximum atomic E-state index is 5.17. The van der Waals surface area contributed by atoms with Crippen LogP contribution in [-0.4, -0.2) is 38.8 Å². The van der Waals surface area contributed by atoms with Crippen molar-refractivity contribution in [2.75, 3.05) is 32.7 Å². The number of anilines is 1. The molecule has 0 aliphatic carbocycles. The van der Waals surface area contributed by atoms with Gasteiger partial charge in [-0.3, -0.25) is 0 Å². The highest BCUT2D eigenvalue weighted by Crippen LogP contribution is 2.16. The Morgan fingerprint density at radius 1 is 1.47 bits per heavy atom. The Bertz CT molecular complexity index is 355. The van der Waals surface area contributed by atoms with Crippen LogP contribution < -0.4 is 10.2 Å². The number of nitrogens with one attached hydrogen (secondary N) is 1. The smallest absolute Gasteiger partial charge is 0.129 e. The van der Waals surface area contributed by atoms with Gasteiger partial charge in [0.1, 0.15) is 5.82 Å². The predicted molar refractivity (Wildman–Crippen MR) is 71.5 cm³/mol. The van der Waals surface area contributed by atoms with Crippen LogP contribution in [0.2, 0.25) is 0 Å². The van der Waals surface area contributed by atoms with Crippen molar-refractivity contribution in [3.8, 4) is 0 Å². The van der Waals surface area contributed by atoms with Gasteiger partial charge in [-0.15, -0.1) is 0 Å². The summed E-state index contributed by atoms with van der Waals surface area (Å²) in [6, 6.07) is 4.54. The summed E-state index contributed by atoms with van der Waals surface area (Å²) in [6.45, 7) is 5.72. The molecule has 0 amide bonds. The lowest BCUT2D eigenvalue weighted by Crippen LogP contribution is -2.33. The summed E-state index contributed by atoms with van der Waals surface area (Å²) in [4.78, 5) is 6.71. The molecule has 96 valence electrons. The van der Waals surface area contributed by atoms with Crippen molar-refractivity contribution in [1.29, 1.82) is 0 Å². The molecular weight excluding hydrogens is 214 g/mol. The predicted octanol–water partition coefficient (Wildman–Crippen LogP) is 1.58. The van der Waals surface area contributed by atoms with E-state index in [9.17, 15) is 0 Å². The number of nitrogens with zero attached hydrogens (tertiary/aromatic N) is 2. The molecule has 1 atom stereocenters. The summed E-state index contributed by atoms with van der Waals surface area (Å²) < 4.78 is 5.17. The Morgan fingerprint density at radius 2 is 2.18 bits per heavy atom. The van der Waals surface area contributed by atoms with Gasteiger partial charge >= 0.3 is 0 Å². The molecular formula is C13H23N3O. The Hall–Kier alpha value is -1.13. The molecule has 0 saturated heterocycles. The lowest BCUT2D eigenvalue weighted by molar-refractivity contribution is 0.183. The zero-order chi connectivity index (χ0) is 12.8. The first-order valence-corrected chi connectivity index (χ1v) is 5.92. The average molecular weight is 237 g/mol. The van der Waals surface area contributed by atoms with E-state index in [1.807, 2.05) is 14.0 Å². The largest absolute Gasteiger partial charge is 0.383 e. The molecule has 0 aliphatic heterocycles. The Labute approximate surface area is 104 Å². The van der Waals surface area contributed by atoms with Crippen LogP contribution in [-0.2, 0) is 11.3 Å².